The molecule has 274 valence electrons. The molecule has 4 fully saturated rings. The Morgan fingerprint density at radius 1 is 0.660 bits per heavy atom. The van der Waals surface area contributed by atoms with Gasteiger partial charge in [-0.2, -0.15) is 0 Å². The van der Waals surface area contributed by atoms with Crippen LogP contribution in [0.2, 0.25) is 0 Å². The van der Waals surface area contributed by atoms with Gasteiger partial charge in [0, 0.05) is 32.1 Å². The minimum absolute atomic E-state index is 0.0259. The van der Waals surface area contributed by atoms with Crippen molar-refractivity contribution in [1.82, 2.24) is 5.32 Å². The molecule has 3 aliphatic heterocycles. The summed E-state index contributed by atoms with van der Waals surface area (Å²) < 4.78 is 35.0. The number of carbonyl (C=O) groups is 1. The third kappa shape index (κ3) is 8.20. The molecule has 1 aliphatic carbocycles. The molecule has 1 amide bonds. The van der Waals surface area contributed by atoms with Gasteiger partial charge in [0.2, 0.25) is 5.91 Å². The lowest BCUT2D eigenvalue weighted by Crippen LogP contribution is -2.68. The van der Waals surface area contributed by atoms with Gasteiger partial charge in [-0.3, -0.25) is 4.79 Å². The Morgan fingerprint density at radius 3 is 1.64 bits per heavy atom. The molecule has 0 radical (unpaired) electrons. The quantitative estimate of drug-likeness (QED) is 0.0906. The van der Waals surface area contributed by atoms with Gasteiger partial charge in [-0.15, -0.1) is 0 Å². The Kier molecular flexibility index (Phi) is 13.6. The van der Waals surface area contributed by atoms with Gasteiger partial charge in [0.25, 0.3) is 0 Å². The van der Waals surface area contributed by atoms with E-state index in [1.54, 1.807) is 0 Å². The smallest absolute Gasteiger partial charge is 0.221 e. The highest BCUT2D eigenvalue weighted by Gasteiger charge is 2.54. The highest BCUT2D eigenvalue weighted by Crippen LogP contribution is 2.34. The summed E-state index contributed by atoms with van der Waals surface area (Å²) in [4.78, 5) is 12.4. The van der Waals surface area contributed by atoms with Crippen molar-refractivity contribution in [1.29, 1.82) is 0 Å². The van der Waals surface area contributed by atoms with Gasteiger partial charge in [-0.1, -0.05) is 0 Å². The van der Waals surface area contributed by atoms with Gasteiger partial charge >= 0.3 is 0 Å². The number of amides is 1. The number of ether oxygens (including phenoxy) is 6. The van der Waals surface area contributed by atoms with E-state index in [4.69, 9.17) is 62.8 Å². The van der Waals surface area contributed by atoms with Crippen LogP contribution in [0.5, 0.6) is 0 Å². The van der Waals surface area contributed by atoms with E-state index in [2.05, 4.69) is 5.32 Å². The Balaban J connectivity index is 1.56. The standard InChI is InChI=1S/C26H51N7O14/c27-2-1-12(35)33-8-3-7(30)21(45-24-13(31)18(39)16(37)9(4-28)42-24)23(15(8)36)47-26-20(41)22(11(6-34)44-26)46-25-14(32)19(40)17(38)10(5-29)43-25/h7-11,13-26,34,36-41H,1-6,27-32H2,(H,33,35)/t7-,8+,9+,10-,11+,13+,14+,15-,16+,17+,18+,19+,20+,21+,22+,23+,24+,25+,26-/m0/s1. The number of carbonyl (C=O) groups excluding carboxylic acids is 1. The fourth-order valence-corrected chi connectivity index (χ4v) is 6.26. The Morgan fingerprint density at radius 2 is 1.15 bits per heavy atom. The average molecular weight is 686 g/mol. The van der Waals surface area contributed by atoms with Gasteiger partial charge in [0.05, 0.1) is 24.7 Å². The maximum atomic E-state index is 12.4. The number of hydrogen-bond donors (Lipinski definition) is 14. The molecule has 4 rings (SSSR count). The first-order valence-electron chi connectivity index (χ1n) is 15.6. The Labute approximate surface area is 270 Å². The van der Waals surface area contributed by atoms with Crippen LogP contribution in [0.15, 0.2) is 0 Å². The molecule has 47 heavy (non-hydrogen) atoms. The molecule has 0 spiro atoms. The lowest BCUT2D eigenvalue weighted by molar-refractivity contribution is -0.307. The van der Waals surface area contributed by atoms with Gasteiger partial charge in [-0.25, -0.2) is 0 Å². The van der Waals surface area contributed by atoms with E-state index in [1.807, 2.05) is 0 Å². The van der Waals surface area contributed by atoms with Crippen LogP contribution in [0.1, 0.15) is 12.8 Å². The maximum Gasteiger partial charge on any atom is 0.221 e. The van der Waals surface area contributed by atoms with Gasteiger partial charge in [-0.05, 0) is 6.42 Å². The zero-order valence-electron chi connectivity index (χ0n) is 25.7. The minimum atomic E-state index is -1.67. The van der Waals surface area contributed by atoms with Crippen molar-refractivity contribution in [3.63, 3.8) is 0 Å². The molecule has 3 saturated heterocycles. The predicted molar refractivity (Wildman–Crippen MR) is 156 cm³/mol. The van der Waals surface area contributed by atoms with Crippen molar-refractivity contribution in [2.24, 2.45) is 34.4 Å². The predicted octanol–water partition coefficient (Wildman–Crippen LogP) is -9.39. The molecule has 20 N–H and O–H groups in total. The van der Waals surface area contributed by atoms with Gasteiger partial charge < -0.3 is 104 Å². The number of hydrogen-bond acceptors (Lipinski definition) is 20. The van der Waals surface area contributed by atoms with E-state index in [0.29, 0.717) is 0 Å². The fourth-order valence-electron chi connectivity index (χ4n) is 6.26. The Hall–Kier alpha value is -1.29. The first kappa shape index (κ1) is 38.5. The summed E-state index contributed by atoms with van der Waals surface area (Å²) in [5.74, 6) is -0.472. The summed E-state index contributed by atoms with van der Waals surface area (Å²) in [6.07, 6.45) is -20.9. The maximum absolute atomic E-state index is 12.4. The lowest BCUT2D eigenvalue weighted by atomic mass is 9.83. The fraction of sp³-hybridized carbons (Fsp3) is 0.962. The lowest BCUT2D eigenvalue weighted by Gasteiger charge is -2.48. The van der Waals surface area contributed by atoms with Crippen molar-refractivity contribution < 1.29 is 69.0 Å². The van der Waals surface area contributed by atoms with Gasteiger partial charge in [0.15, 0.2) is 18.9 Å². The topological polar surface area (TPSA) is 382 Å². The zero-order valence-corrected chi connectivity index (χ0v) is 25.7. The van der Waals surface area contributed by atoms with E-state index in [-0.39, 0.29) is 32.5 Å². The molecule has 0 aromatic rings. The van der Waals surface area contributed by atoms with Crippen molar-refractivity contribution in [3.05, 3.63) is 0 Å². The molecular formula is C26H51N7O14. The second-order valence-corrected chi connectivity index (χ2v) is 12.3. The number of aliphatic hydroxyl groups is 7. The summed E-state index contributed by atoms with van der Waals surface area (Å²) in [5.41, 5.74) is 35.3. The summed E-state index contributed by atoms with van der Waals surface area (Å²) in [6, 6.07) is -4.51. The van der Waals surface area contributed by atoms with Crippen molar-refractivity contribution in [3.8, 4) is 0 Å². The van der Waals surface area contributed by atoms with Crippen LogP contribution in [0.4, 0.5) is 0 Å². The molecule has 4 aliphatic rings. The Bertz CT molecular complexity index is 1010. The van der Waals surface area contributed by atoms with Crippen molar-refractivity contribution in [2.45, 2.75) is 129 Å². The van der Waals surface area contributed by atoms with Crippen LogP contribution in [0.3, 0.4) is 0 Å². The number of aliphatic hydroxyl groups excluding tert-OH is 7. The van der Waals surface area contributed by atoms with Crippen LogP contribution < -0.4 is 39.7 Å². The third-order valence-electron chi connectivity index (χ3n) is 9.04. The van der Waals surface area contributed by atoms with E-state index in [0.717, 1.165) is 0 Å². The second kappa shape index (κ2) is 16.6. The largest absolute Gasteiger partial charge is 0.394 e. The normalized spacial score (nSPS) is 49.2. The van der Waals surface area contributed by atoms with Crippen LogP contribution >= 0.6 is 0 Å². The molecule has 21 heteroatoms. The zero-order chi connectivity index (χ0) is 34.7. The van der Waals surface area contributed by atoms with E-state index in [9.17, 15) is 40.5 Å². The van der Waals surface area contributed by atoms with E-state index < -0.39 is 129 Å². The van der Waals surface area contributed by atoms with E-state index >= 15 is 0 Å². The monoisotopic (exact) mass is 685 g/mol. The summed E-state index contributed by atoms with van der Waals surface area (Å²) in [5, 5.41) is 76.7. The summed E-state index contributed by atoms with van der Waals surface area (Å²) in [6.45, 7) is -1.03. The minimum Gasteiger partial charge on any atom is -0.394 e. The van der Waals surface area contributed by atoms with Crippen molar-refractivity contribution in [2.75, 3.05) is 26.2 Å². The molecule has 19 atom stereocenters. The highest BCUT2D eigenvalue weighted by molar-refractivity contribution is 5.76. The van der Waals surface area contributed by atoms with Crippen LogP contribution in [-0.4, -0.2) is 184 Å². The number of nitrogens with two attached hydrogens (primary N) is 6. The van der Waals surface area contributed by atoms with Crippen LogP contribution in [0.25, 0.3) is 0 Å². The molecule has 3 heterocycles. The molecule has 0 unspecified atom stereocenters. The first-order valence-corrected chi connectivity index (χ1v) is 15.6. The second-order valence-electron chi connectivity index (χ2n) is 12.3. The van der Waals surface area contributed by atoms with Crippen molar-refractivity contribution >= 4 is 5.91 Å². The average Bonchev–Trinajstić information content (AvgIpc) is 3.34. The molecular weight excluding hydrogens is 634 g/mol. The third-order valence-corrected chi connectivity index (χ3v) is 9.04. The van der Waals surface area contributed by atoms with Crippen LogP contribution in [-0.2, 0) is 33.2 Å². The van der Waals surface area contributed by atoms with Crippen LogP contribution in [0, 0.1) is 0 Å². The van der Waals surface area contributed by atoms with Gasteiger partial charge in [0.1, 0.15) is 73.2 Å². The molecule has 0 bridgehead atoms. The molecule has 1 saturated carbocycles. The molecule has 0 aromatic carbocycles. The summed E-state index contributed by atoms with van der Waals surface area (Å²) >= 11 is 0. The number of nitrogens with one attached hydrogen (secondary N) is 1. The summed E-state index contributed by atoms with van der Waals surface area (Å²) in [7, 11) is 0. The first-order chi connectivity index (χ1) is 22.3. The SMILES string of the molecule is NCCC(=O)N[C@@H]1C[C@H](N)[C@@H](O[C@H]2O[C@H](CN)[C@@H](O)[C@H](O)[C@H]2N)[C@H](O[C@@H]2O[C@H](CO)[C@@H](O[C@H]3O[C@@H](CN)[C@@H](O)[C@H](O)[C@H]3N)[C@H]2O)[C@H]1O. The molecule has 21 nitrogen and oxygen atoms in total. The number of rotatable bonds is 12. The highest BCUT2D eigenvalue weighted by atomic mass is 16.8. The molecule has 0 aromatic heterocycles. The van der Waals surface area contributed by atoms with E-state index in [1.165, 1.54) is 0 Å².